The molecule has 29 heavy (non-hydrogen) atoms. The first-order valence-corrected chi connectivity index (χ1v) is 10.4. The molecule has 7 nitrogen and oxygen atoms in total. The second-order valence-corrected chi connectivity index (χ2v) is 8.47. The number of hydrogen-bond acceptors (Lipinski definition) is 6. The van der Waals surface area contributed by atoms with Gasteiger partial charge < -0.3 is 9.73 Å². The standard InChI is InChI=1S/C21H22N4O3S/c1-13(19(27)15-7-9-17(10-8-15)22-14(2)26)29-21-24-23-20(16-5-6-16)25(21)12-18-4-3-11-28-18/h3-4,7-11,13,16H,5-6,12H2,1-2H3,(H,22,26). The first-order valence-electron chi connectivity index (χ1n) is 9.55. The quantitative estimate of drug-likeness (QED) is 0.444. The zero-order valence-corrected chi connectivity index (χ0v) is 17.1. The average molecular weight is 410 g/mol. The van der Waals surface area contributed by atoms with E-state index in [2.05, 4.69) is 20.1 Å². The van der Waals surface area contributed by atoms with Crippen molar-refractivity contribution >= 4 is 29.1 Å². The number of ketones is 1. The molecule has 150 valence electrons. The molecule has 1 unspecified atom stereocenters. The lowest BCUT2D eigenvalue weighted by atomic mass is 10.1. The Morgan fingerprint density at radius 2 is 2.00 bits per heavy atom. The SMILES string of the molecule is CC(=O)Nc1ccc(C(=O)C(C)Sc2nnc(C3CC3)n2Cc2ccco2)cc1. The van der Waals surface area contributed by atoms with E-state index in [0.717, 1.165) is 29.6 Å². The Bertz CT molecular complexity index is 1010. The van der Waals surface area contributed by atoms with Gasteiger partial charge in [0.1, 0.15) is 11.6 Å². The van der Waals surface area contributed by atoms with Crippen LogP contribution in [0.2, 0.25) is 0 Å². The van der Waals surface area contributed by atoms with Crippen LogP contribution < -0.4 is 5.32 Å². The highest BCUT2D eigenvalue weighted by molar-refractivity contribution is 8.00. The number of hydrogen-bond donors (Lipinski definition) is 1. The summed E-state index contributed by atoms with van der Waals surface area (Å²) in [5.41, 5.74) is 1.26. The number of anilines is 1. The van der Waals surface area contributed by atoms with E-state index in [0.29, 0.717) is 23.7 Å². The lowest BCUT2D eigenvalue weighted by molar-refractivity contribution is -0.114. The second kappa shape index (κ2) is 8.24. The van der Waals surface area contributed by atoms with Gasteiger partial charge in [-0.3, -0.25) is 14.2 Å². The van der Waals surface area contributed by atoms with Crippen LogP contribution in [0.25, 0.3) is 0 Å². The molecule has 4 rings (SSSR count). The first kappa shape index (κ1) is 19.4. The average Bonchev–Trinajstić information content (AvgIpc) is 3.27. The van der Waals surface area contributed by atoms with Gasteiger partial charge in [-0.05, 0) is 56.2 Å². The van der Waals surface area contributed by atoms with Crippen molar-refractivity contribution in [3.63, 3.8) is 0 Å². The number of nitrogens with zero attached hydrogens (tertiary/aromatic N) is 3. The highest BCUT2D eigenvalue weighted by Crippen LogP contribution is 2.40. The van der Waals surface area contributed by atoms with Crippen molar-refractivity contribution in [3.8, 4) is 0 Å². The third kappa shape index (κ3) is 4.59. The minimum Gasteiger partial charge on any atom is -0.467 e. The smallest absolute Gasteiger partial charge is 0.221 e. The Morgan fingerprint density at radius 1 is 1.24 bits per heavy atom. The number of furan rings is 1. The van der Waals surface area contributed by atoms with E-state index < -0.39 is 0 Å². The minimum atomic E-state index is -0.326. The summed E-state index contributed by atoms with van der Waals surface area (Å²) in [5, 5.41) is 11.8. The molecule has 0 bridgehead atoms. The van der Waals surface area contributed by atoms with Crippen molar-refractivity contribution < 1.29 is 14.0 Å². The van der Waals surface area contributed by atoms with E-state index in [1.165, 1.54) is 18.7 Å². The monoisotopic (exact) mass is 410 g/mol. The maximum atomic E-state index is 12.9. The van der Waals surface area contributed by atoms with Crippen LogP contribution in [0.5, 0.6) is 0 Å². The fourth-order valence-electron chi connectivity index (χ4n) is 3.11. The molecule has 8 heteroatoms. The molecule has 2 heterocycles. The number of carbonyl (C=O) groups is 2. The van der Waals surface area contributed by atoms with Crippen LogP contribution >= 0.6 is 11.8 Å². The topological polar surface area (TPSA) is 90.0 Å². The highest BCUT2D eigenvalue weighted by atomic mass is 32.2. The molecule has 1 aliphatic carbocycles. The Balaban J connectivity index is 1.49. The molecule has 1 atom stereocenters. The van der Waals surface area contributed by atoms with Gasteiger partial charge in [-0.15, -0.1) is 10.2 Å². The summed E-state index contributed by atoms with van der Waals surface area (Å²) in [4.78, 5) is 24.0. The molecule has 0 aliphatic heterocycles. The van der Waals surface area contributed by atoms with E-state index in [4.69, 9.17) is 4.42 Å². The van der Waals surface area contributed by atoms with Crippen LogP contribution in [0.1, 0.15) is 54.5 Å². The molecule has 1 amide bonds. The molecule has 0 radical (unpaired) electrons. The number of Topliss-reactive ketones (excluding diaryl/α,β-unsaturated/α-hetero) is 1. The van der Waals surface area contributed by atoms with Gasteiger partial charge in [-0.25, -0.2) is 0 Å². The number of carbonyl (C=O) groups excluding carboxylic acids is 2. The Hall–Kier alpha value is -2.87. The number of nitrogens with one attached hydrogen (secondary N) is 1. The van der Waals surface area contributed by atoms with Crippen molar-refractivity contribution in [2.24, 2.45) is 0 Å². The van der Waals surface area contributed by atoms with Crippen molar-refractivity contribution in [1.29, 1.82) is 0 Å². The zero-order chi connectivity index (χ0) is 20.4. The number of thioether (sulfide) groups is 1. The molecule has 1 N–H and O–H groups in total. The zero-order valence-electron chi connectivity index (χ0n) is 16.3. The Morgan fingerprint density at radius 3 is 2.62 bits per heavy atom. The van der Waals surface area contributed by atoms with Crippen LogP contribution in [0.3, 0.4) is 0 Å². The van der Waals surface area contributed by atoms with Gasteiger partial charge in [-0.2, -0.15) is 0 Å². The summed E-state index contributed by atoms with van der Waals surface area (Å²) in [5.74, 6) is 2.10. The van der Waals surface area contributed by atoms with Gasteiger partial charge in [0.15, 0.2) is 10.9 Å². The summed E-state index contributed by atoms with van der Waals surface area (Å²) < 4.78 is 7.56. The van der Waals surface area contributed by atoms with Crippen LogP contribution in [0.4, 0.5) is 5.69 Å². The van der Waals surface area contributed by atoms with Gasteiger partial charge in [0.2, 0.25) is 5.91 Å². The molecular weight excluding hydrogens is 388 g/mol. The van der Waals surface area contributed by atoms with Gasteiger partial charge in [-0.1, -0.05) is 11.8 Å². The molecular formula is C21H22N4O3S. The van der Waals surface area contributed by atoms with Crippen molar-refractivity contribution in [1.82, 2.24) is 14.8 Å². The van der Waals surface area contributed by atoms with E-state index in [9.17, 15) is 9.59 Å². The molecule has 0 saturated heterocycles. The maximum Gasteiger partial charge on any atom is 0.221 e. The van der Waals surface area contributed by atoms with E-state index in [-0.39, 0.29) is 16.9 Å². The Labute approximate surface area is 172 Å². The summed E-state index contributed by atoms with van der Waals surface area (Å²) >= 11 is 1.40. The van der Waals surface area contributed by atoms with Crippen molar-refractivity contribution in [2.75, 3.05) is 5.32 Å². The largest absolute Gasteiger partial charge is 0.467 e. The molecule has 1 aromatic carbocycles. The van der Waals surface area contributed by atoms with Crippen LogP contribution in [-0.4, -0.2) is 31.7 Å². The fourth-order valence-corrected chi connectivity index (χ4v) is 4.04. The lowest BCUT2D eigenvalue weighted by Crippen LogP contribution is -2.15. The van der Waals surface area contributed by atoms with Crippen LogP contribution in [0, 0.1) is 0 Å². The Kier molecular flexibility index (Phi) is 5.53. The predicted octanol–water partition coefficient (Wildman–Crippen LogP) is 4.12. The molecule has 3 aromatic rings. The normalized spacial score (nSPS) is 14.6. The van der Waals surface area contributed by atoms with Gasteiger partial charge in [0.25, 0.3) is 0 Å². The third-order valence-corrected chi connectivity index (χ3v) is 5.80. The predicted molar refractivity (Wildman–Crippen MR) is 110 cm³/mol. The number of aromatic nitrogens is 3. The summed E-state index contributed by atoms with van der Waals surface area (Å²) in [6, 6.07) is 10.7. The lowest BCUT2D eigenvalue weighted by Gasteiger charge is -2.12. The summed E-state index contributed by atoms with van der Waals surface area (Å²) in [6.45, 7) is 3.88. The van der Waals surface area contributed by atoms with Crippen LogP contribution in [-0.2, 0) is 11.3 Å². The first-order chi connectivity index (χ1) is 14.0. The number of rotatable bonds is 8. The van der Waals surface area contributed by atoms with Crippen molar-refractivity contribution in [3.05, 3.63) is 59.8 Å². The number of benzene rings is 1. The molecule has 1 aliphatic rings. The maximum absolute atomic E-state index is 12.9. The summed E-state index contributed by atoms with van der Waals surface area (Å²) in [7, 11) is 0. The van der Waals surface area contributed by atoms with Gasteiger partial charge in [0.05, 0.1) is 18.1 Å². The van der Waals surface area contributed by atoms with Crippen LogP contribution in [0.15, 0.2) is 52.2 Å². The van der Waals surface area contributed by atoms with E-state index in [1.807, 2.05) is 19.1 Å². The molecule has 2 aromatic heterocycles. The van der Waals surface area contributed by atoms with E-state index in [1.54, 1.807) is 30.5 Å². The number of amides is 1. The molecule has 1 fully saturated rings. The molecule has 0 spiro atoms. The van der Waals surface area contributed by atoms with E-state index >= 15 is 0 Å². The molecule has 1 saturated carbocycles. The van der Waals surface area contributed by atoms with Crippen molar-refractivity contribution in [2.45, 2.75) is 49.6 Å². The summed E-state index contributed by atoms with van der Waals surface area (Å²) in [6.07, 6.45) is 3.90. The fraction of sp³-hybridized carbons (Fsp3) is 0.333. The second-order valence-electron chi connectivity index (χ2n) is 7.16. The van der Waals surface area contributed by atoms with Gasteiger partial charge >= 0.3 is 0 Å². The third-order valence-electron chi connectivity index (χ3n) is 4.72. The van der Waals surface area contributed by atoms with Gasteiger partial charge in [0, 0.05) is 24.1 Å². The minimum absolute atomic E-state index is 0.00453. The highest BCUT2D eigenvalue weighted by Gasteiger charge is 2.31.